The molecule has 3 heterocycles. The molecular formula is C24H27N3O2S. The summed E-state index contributed by atoms with van der Waals surface area (Å²) in [5.41, 5.74) is 2.00. The van der Waals surface area contributed by atoms with Gasteiger partial charge in [0.25, 0.3) is 5.56 Å². The van der Waals surface area contributed by atoms with Gasteiger partial charge in [-0.2, -0.15) is 0 Å². The maximum absolute atomic E-state index is 13.7. The lowest BCUT2D eigenvalue weighted by molar-refractivity contribution is -0.131. The molecule has 1 fully saturated rings. The topological polar surface area (TPSA) is 55.2 Å². The van der Waals surface area contributed by atoms with Crippen LogP contribution in [-0.4, -0.2) is 33.4 Å². The van der Waals surface area contributed by atoms with Crippen molar-refractivity contribution >= 4 is 27.5 Å². The number of amides is 1. The molecule has 1 aliphatic carbocycles. The van der Waals surface area contributed by atoms with Gasteiger partial charge in [0, 0.05) is 23.5 Å². The van der Waals surface area contributed by atoms with Crippen molar-refractivity contribution in [1.82, 2.24) is 14.5 Å². The first-order chi connectivity index (χ1) is 14.7. The van der Waals surface area contributed by atoms with Crippen molar-refractivity contribution in [2.24, 2.45) is 0 Å². The molecule has 0 atom stereocenters. The largest absolute Gasteiger partial charge is 0.341 e. The van der Waals surface area contributed by atoms with Crippen molar-refractivity contribution in [1.29, 1.82) is 0 Å². The van der Waals surface area contributed by atoms with Gasteiger partial charge in [-0.25, -0.2) is 4.98 Å². The molecule has 1 saturated heterocycles. The number of carbonyl (C=O) groups excluding carboxylic acids is 1. The second-order valence-electron chi connectivity index (χ2n) is 8.38. The van der Waals surface area contributed by atoms with Crippen LogP contribution in [0, 0.1) is 0 Å². The molecule has 156 valence electrons. The van der Waals surface area contributed by atoms with Crippen molar-refractivity contribution in [2.75, 3.05) is 13.1 Å². The zero-order valence-corrected chi connectivity index (χ0v) is 18.0. The molecule has 0 bridgehead atoms. The van der Waals surface area contributed by atoms with Crippen LogP contribution >= 0.6 is 11.3 Å². The van der Waals surface area contributed by atoms with Crippen molar-refractivity contribution in [3.8, 4) is 11.4 Å². The Labute approximate surface area is 180 Å². The Balaban J connectivity index is 1.63. The van der Waals surface area contributed by atoms with Gasteiger partial charge in [0.2, 0.25) is 5.91 Å². The highest BCUT2D eigenvalue weighted by molar-refractivity contribution is 7.18. The number of nitrogens with zero attached hydrogens (tertiary/aromatic N) is 3. The van der Waals surface area contributed by atoms with E-state index in [1.54, 1.807) is 15.9 Å². The second kappa shape index (κ2) is 8.34. The van der Waals surface area contributed by atoms with Crippen LogP contribution in [0.3, 0.4) is 0 Å². The number of likely N-dealkylation sites (tertiary alicyclic amines) is 1. The summed E-state index contributed by atoms with van der Waals surface area (Å²) in [6, 6.07) is 9.79. The Morgan fingerprint density at radius 1 is 0.967 bits per heavy atom. The molecular weight excluding hydrogens is 394 g/mol. The zero-order chi connectivity index (χ0) is 20.5. The first-order valence-electron chi connectivity index (χ1n) is 11.1. The summed E-state index contributed by atoms with van der Waals surface area (Å²) < 4.78 is 1.63. The van der Waals surface area contributed by atoms with E-state index in [1.807, 2.05) is 35.2 Å². The van der Waals surface area contributed by atoms with Crippen LogP contribution in [0.25, 0.3) is 21.6 Å². The number of aryl methyl sites for hydroxylation is 2. The van der Waals surface area contributed by atoms with Gasteiger partial charge in [0.1, 0.15) is 17.2 Å². The molecule has 0 saturated carbocycles. The number of hydrogen-bond donors (Lipinski definition) is 0. The van der Waals surface area contributed by atoms with Gasteiger partial charge >= 0.3 is 0 Å². The van der Waals surface area contributed by atoms with E-state index < -0.39 is 0 Å². The molecule has 2 aromatic heterocycles. The number of rotatable bonds is 3. The Morgan fingerprint density at radius 2 is 1.70 bits per heavy atom. The molecule has 6 heteroatoms. The van der Waals surface area contributed by atoms with Crippen LogP contribution in [0.15, 0.2) is 35.1 Å². The van der Waals surface area contributed by atoms with Crippen LogP contribution in [0.5, 0.6) is 0 Å². The average molecular weight is 422 g/mol. The van der Waals surface area contributed by atoms with Crippen LogP contribution in [0.2, 0.25) is 0 Å². The number of benzene rings is 1. The minimum atomic E-state index is -0.0542. The third kappa shape index (κ3) is 3.58. The fourth-order valence-electron chi connectivity index (χ4n) is 4.75. The Bertz CT molecular complexity index is 1120. The molecule has 1 amide bonds. The fourth-order valence-corrected chi connectivity index (χ4v) is 6.00. The SMILES string of the molecule is O=C(Cn1c(-c2ccccc2)nc2sc3c(c2c1=O)CCCC3)N1CCCCCC1. The summed E-state index contributed by atoms with van der Waals surface area (Å²) in [6.07, 6.45) is 8.70. The van der Waals surface area contributed by atoms with Gasteiger partial charge in [0.05, 0.1) is 5.39 Å². The monoisotopic (exact) mass is 421 g/mol. The van der Waals surface area contributed by atoms with Gasteiger partial charge in [-0.3, -0.25) is 14.2 Å². The maximum atomic E-state index is 13.7. The summed E-state index contributed by atoms with van der Waals surface area (Å²) in [4.78, 5) is 35.9. The highest BCUT2D eigenvalue weighted by atomic mass is 32.1. The maximum Gasteiger partial charge on any atom is 0.263 e. The number of aromatic nitrogens is 2. The highest BCUT2D eigenvalue weighted by Gasteiger charge is 2.24. The minimum Gasteiger partial charge on any atom is -0.341 e. The second-order valence-corrected chi connectivity index (χ2v) is 9.46. The van der Waals surface area contributed by atoms with E-state index in [0.29, 0.717) is 5.82 Å². The third-order valence-corrected chi connectivity index (χ3v) is 7.54. The lowest BCUT2D eigenvalue weighted by atomic mass is 9.97. The molecule has 2 aliphatic rings. The fraction of sp³-hybridized carbons (Fsp3) is 0.458. The van der Waals surface area contributed by atoms with E-state index in [2.05, 4.69) is 0 Å². The zero-order valence-electron chi connectivity index (χ0n) is 17.2. The number of thiophene rings is 1. The van der Waals surface area contributed by atoms with Crippen LogP contribution in [0.4, 0.5) is 0 Å². The normalized spacial score (nSPS) is 17.0. The summed E-state index contributed by atoms with van der Waals surface area (Å²) in [7, 11) is 0. The molecule has 0 N–H and O–H groups in total. The quantitative estimate of drug-likeness (QED) is 0.630. The molecule has 5 rings (SSSR count). The number of hydrogen-bond acceptors (Lipinski definition) is 4. The molecule has 30 heavy (non-hydrogen) atoms. The Kier molecular flexibility index (Phi) is 5.42. The van der Waals surface area contributed by atoms with E-state index in [4.69, 9.17) is 4.98 Å². The summed E-state index contributed by atoms with van der Waals surface area (Å²) >= 11 is 1.66. The van der Waals surface area contributed by atoms with E-state index >= 15 is 0 Å². The van der Waals surface area contributed by atoms with E-state index in [-0.39, 0.29) is 18.0 Å². The highest BCUT2D eigenvalue weighted by Crippen LogP contribution is 2.34. The minimum absolute atomic E-state index is 0.0291. The molecule has 1 aliphatic heterocycles. The van der Waals surface area contributed by atoms with Crippen molar-refractivity contribution in [2.45, 2.75) is 57.9 Å². The Morgan fingerprint density at radius 3 is 2.47 bits per heavy atom. The smallest absolute Gasteiger partial charge is 0.263 e. The van der Waals surface area contributed by atoms with Gasteiger partial charge < -0.3 is 4.90 Å². The average Bonchev–Trinajstić information content (AvgIpc) is 2.94. The standard InChI is InChI=1S/C24H27N3O2S/c28-20(26-14-8-1-2-9-15-26)16-27-22(17-10-4-3-5-11-17)25-23-21(24(27)29)18-12-6-7-13-19(18)30-23/h3-5,10-11H,1-2,6-9,12-16H2. The van der Waals surface area contributed by atoms with Crippen LogP contribution < -0.4 is 5.56 Å². The molecule has 0 spiro atoms. The number of fused-ring (bicyclic) bond motifs is 3. The van der Waals surface area contributed by atoms with Gasteiger partial charge in [-0.15, -0.1) is 11.3 Å². The van der Waals surface area contributed by atoms with E-state index in [9.17, 15) is 9.59 Å². The predicted octanol–water partition coefficient (Wildman–Crippen LogP) is 4.41. The van der Waals surface area contributed by atoms with Gasteiger partial charge in [-0.1, -0.05) is 43.2 Å². The Hall–Kier alpha value is -2.47. The lowest BCUT2D eigenvalue weighted by Gasteiger charge is -2.22. The molecule has 5 nitrogen and oxygen atoms in total. The summed E-state index contributed by atoms with van der Waals surface area (Å²) in [5, 5.41) is 0.748. The molecule has 3 aromatic rings. The van der Waals surface area contributed by atoms with Crippen molar-refractivity contribution < 1.29 is 4.79 Å². The number of carbonyl (C=O) groups is 1. The first kappa shape index (κ1) is 19.5. The molecule has 1 aromatic carbocycles. The molecule has 0 radical (unpaired) electrons. The predicted molar refractivity (Wildman–Crippen MR) is 121 cm³/mol. The van der Waals surface area contributed by atoms with E-state index in [0.717, 1.165) is 61.0 Å². The third-order valence-electron chi connectivity index (χ3n) is 6.36. The van der Waals surface area contributed by atoms with Crippen LogP contribution in [0.1, 0.15) is 49.0 Å². The molecule has 0 unspecified atom stereocenters. The van der Waals surface area contributed by atoms with Crippen molar-refractivity contribution in [3.05, 3.63) is 51.1 Å². The first-order valence-corrected chi connectivity index (χ1v) is 11.9. The van der Waals surface area contributed by atoms with Gasteiger partial charge in [-0.05, 0) is 44.1 Å². The van der Waals surface area contributed by atoms with Gasteiger partial charge in [0.15, 0.2) is 0 Å². The lowest BCUT2D eigenvalue weighted by Crippen LogP contribution is -2.38. The van der Waals surface area contributed by atoms with E-state index in [1.165, 1.54) is 29.7 Å². The summed E-state index contributed by atoms with van der Waals surface area (Å²) in [6.45, 7) is 1.65. The van der Waals surface area contributed by atoms with Crippen molar-refractivity contribution in [3.63, 3.8) is 0 Å². The summed E-state index contributed by atoms with van der Waals surface area (Å²) in [5.74, 6) is 0.635. The van der Waals surface area contributed by atoms with Crippen LogP contribution in [-0.2, 0) is 24.2 Å².